The smallest absolute Gasteiger partial charge is 0.255 e. The fraction of sp³-hybridized carbons (Fsp3) is 0.414. The molecule has 7 heteroatoms. The summed E-state index contributed by atoms with van der Waals surface area (Å²) in [6.45, 7) is 7.72. The highest BCUT2D eigenvalue weighted by atomic mass is 19.1. The van der Waals surface area contributed by atoms with Gasteiger partial charge in [0.05, 0.1) is 18.3 Å². The van der Waals surface area contributed by atoms with Crippen LogP contribution in [0.3, 0.4) is 0 Å². The zero-order valence-electron chi connectivity index (χ0n) is 21.0. The van der Waals surface area contributed by atoms with Crippen molar-refractivity contribution in [2.45, 2.75) is 58.8 Å². The fourth-order valence-electron chi connectivity index (χ4n) is 5.97. The first-order chi connectivity index (χ1) is 17.2. The number of rotatable bonds is 4. The Hall–Kier alpha value is -3.48. The number of nitrogens with one attached hydrogen (secondary N) is 1. The zero-order chi connectivity index (χ0) is 25.2. The van der Waals surface area contributed by atoms with Crippen LogP contribution in [0.25, 0.3) is 11.3 Å². The lowest BCUT2D eigenvalue weighted by molar-refractivity contribution is 0.0714. The van der Waals surface area contributed by atoms with E-state index < -0.39 is 6.17 Å². The number of aromatic amines is 1. The topological polar surface area (TPSA) is 69.3 Å². The molecule has 2 amide bonds. The molecule has 1 fully saturated rings. The summed E-state index contributed by atoms with van der Waals surface area (Å²) in [5.41, 5.74) is 8.06. The molecule has 0 saturated carbocycles. The first kappa shape index (κ1) is 23.0. The van der Waals surface area contributed by atoms with E-state index in [1.54, 1.807) is 17.0 Å². The highest BCUT2D eigenvalue weighted by Crippen LogP contribution is 2.41. The fourth-order valence-corrected chi connectivity index (χ4v) is 5.97. The molecular weight excluding hydrogens is 455 g/mol. The Balaban J connectivity index is 1.19. The van der Waals surface area contributed by atoms with Crippen molar-refractivity contribution in [2.75, 3.05) is 13.1 Å². The van der Waals surface area contributed by atoms with Crippen LogP contribution in [0.1, 0.15) is 76.3 Å². The van der Waals surface area contributed by atoms with Crippen LogP contribution in [0.15, 0.2) is 42.5 Å². The average molecular weight is 487 g/mol. The van der Waals surface area contributed by atoms with Gasteiger partial charge in [0, 0.05) is 41.0 Å². The number of benzene rings is 2. The highest BCUT2D eigenvalue weighted by Gasteiger charge is 2.35. The van der Waals surface area contributed by atoms with Crippen LogP contribution >= 0.6 is 0 Å². The third-order valence-electron chi connectivity index (χ3n) is 8.00. The molecule has 0 radical (unpaired) electrons. The van der Waals surface area contributed by atoms with Gasteiger partial charge < -0.3 is 9.80 Å². The Morgan fingerprint density at radius 1 is 1.17 bits per heavy atom. The van der Waals surface area contributed by atoms with Gasteiger partial charge in [-0.3, -0.25) is 14.7 Å². The predicted octanol–water partition coefficient (Wildman–Crippen LogP) is 5.10. The standard InChI is InChI=1S/C29H31FN4O2/c1-17(18-4-6-19(7-5-18)27(35)33-11-10-22(30)16-33)34-15-21-12-20(8-9-23(21)28(34)36)26-24-13-29(2,3)14-25(24)31-32-26/h4-9,12,17,22H,10-11,13-16H2,1-3H3,(H,31,32)/t17-,22-/m1/s1. The monoisotopic (exact) mass is 486 g/mol. The van der Waals surface area contributed by atoms with E-state index in [2.05, 4.69) is 30.1 Å². The van der Waals surface area contributed by atoms with Gasteiger partial charge in [-0.1, -0.05) is 32.0 Å². The minimum Gasteiger partial charge on any atom is -0.336 e. The second kappa shape index (κ2) is 8.29. The van der Waals surface area contributed by atoms with E-state index in [9.17, 15) is 14.0 Å². The van der Waals surface area contributed by atoms with Crippen LogP contribution in [0.5, 0.6) is 0 Å². The molecule has 36 heavy (non-hydrogen) atoms. The lowest BCUT2D eigenvalue weighted by atomic mass is 9.90. The summed E-state index contributed by atoms with van der Waals surface area (Å²) in [4.78, 5) is 29.4. The number of H-pyrrole nitrogens is 1. The van der Waals surface area contributed by atoms with Gasteiger partial charge in [0.2, 0.25) is 0 Å². The number of hydrogen-bond donors (Lipinski definition) is 1. The van der Waals surface area contributed by atoms with Crippen molar-refractivity contribution in [3.05, 3.63) is 76.0 Å². The van der Waals surface area contributed by atoms with Crippen molar-refractivity contribution >= 4 is 11.8 Å². The number of aromatic nitrogens is 2. The third-order valence-corrected chi connectivity index (χ3v) is 8.00. The molecule has 0 spiro atoms. The van der Waals surface area contributed by atoms with Crippen molar-refractivity contribution in [1.29, 1.82) is 0 Å². The Morgan fingerprint density at radius 3 is 2.67 bits per heavy atom. The lowest BCUT2D eigenvalue weighted by Gasteiger charge is -2.25. The minimum atomic E-state index is -0.933. The van der Waals surface area contributed by atoms with E-state index >= 15 is 0 Å². The maximum Gasteiger partial charge on any atom is 0.255 e. The molecule has 3 heterocycles. The summed E-state index contributed by atoms with van der Waals surface area (Å²) in [5.74, 6) is -0.122. The number of carbonyl (C=O) groups excluding carboxylic acids is 2. The maximum absolute atomic E-state index is 13.5. The SMILES string of the molecule is C[C@H](c1ccc(C(=O)N2CC[C@@H](F)C2)cc1)N1Cc2cc(-c3n[nH]c4c3CC(C)(C)C4)ccc2C1=O. The van der Waals surface area contributed by atoms with Gasteiger partial charge in [0.1, 0.15) is 6.17 Å². The van der Waals surface area contributed by atoms with Crippen molar-refractivity contribution in [3.8, 4) is 11.3 Å². The summed E-state index contributed by atoms with van der Waals surface area (Å²) in [6, 6.07) is 13.3. The molecule has 1 aromatic heterocycles. The number of hydrogen-bond acceptors (Lipinski definition) is 3. The third kappa shape index (κ3) is 3.81. The second-order valence-electron chi connectivity index (χ2n) is 11.3. The molecule has 2 aromatic carbocycles. The molecule has 6 rings (SSSR count). The van der Waals surface area contributed by atoms with E-state index in [0.29, 0.717) is 25.1 Å². The molecule has 1 N–H and O–H groups in total. The number of nitrogens with zero attached hydrogens (tertiary/aromatic N) is 3. The van der Waals surface area contributed by atoms with Crippen molar-refractivity contribution in [1.82, 2.24) is 20.0 Å². The van der Waals surface area contributed by atoms with E-state index in [0.717, 1.165) is 40.8 Å². The van der Waals surface area contributed by atoms with E-state index in [1.165, 1.54) is 11.3 Å². The molecule has 1 saturated heterocycles. The number of alkyl halides is 1. The van der Waals surface area contributed by atoms with Gasteiger partial charge in [-0.25, -0.2) is 4.39 Å². The molecule has 186 valence electrons. The van der Waals surface area contributed by atoms with Crippen LogP contribution in [0.4, 0.5) is 4.39 Å². The molecular formula is C29H31FN4O2. The molecule has 0 bridgehead atoms. The summed E-state index contributed by atoms with van der Waals surface area (Å²) >= 11 is 0. The first-order valence-electron chi connectivity index (χ1n) is 12.7. The lowest BCUT2D eigenvalue weighted by Crippen LogP contribution is -2.29. The molecule has 1 aliphatic carbocycles. The highest BCUT2D eigenvalue weighted by molar-refractivity contribution is 5.99. The number of carbonyl (C=O) groups is 2. The van der Waals surface area contributed by atoms with Crippen molar-refractivity contribution in [2.24, 2.45) is 5.41 Å². The Bertz CT molecular complexity index is 1360. The summed E-state index contributed by atoms with van der Waals surface area (Å²) in [7, 11) is 0. The summed E-state index contributed by atoms with van der Waals surface area (Å²) in [6.07, 6.45) is 1.47. The van der Waals surface area contributed by atoms with Crippen LogP contribution in [0, 0.1) is 5.41 Å². The van der Waals surface area contributed by atoms with E-state index in [-0.39, 0.29) is 29.8 Å². The molecule has 2 atom stereocenters. The zero-order valence-corrected chi connectivity index (χ0v) is 21.0. The maximum atomic E-state index is 13.5. The summed E-state index contributed by atoms with van der Waals surface area (Å²) in [5, 5.41) is 7.82. The molecule has 0 unspecified atom stereocenters. The molecule has 6 nitrogen and oxygen atoms in total. The Kier molecular flexibility index (Phi) is 5.28. The van der Waals surface area contributed by atoms with Crippen LogP contribution in [0.2, 0.25) is 0 Å². The molecule has 2 aliphatic heterocycles. The summed E-state index contributed by atoms with van der Waals surface area (Å²) < 4.78 is 13.5. The van der Waals surface area contributed by atoms with Gasteiger partial charge in [0.25, 0.3) is 11.8 Å². The van der Waals surface area contributed by atoms with Crippen molar-refractivity contribution < 1.29 is 14.0 Å². The minimum absolute atomic E-state index is 0.0173. The average Bonchev–Trinajstić information content (AvgIpc) is 3.60. The first-order valence-corrected chi connectivity index (χ1v) is 12.7. The van der Waals surface area contributed by atoms with Gasteiger partial charge >= 0.3 is 0 Å². The predicted molar refractivity (Wildman–Crippen MR) is 135 cm³/mol. The van der Waals surface area contributed by atoms with Gasteiger partial charge in [-0.05, 0) is 67.0 Å². The largest absolute Gasteiger partial charge is 0.336 e. The Labute approximate surface area is 210 Å². The number of likely N-dealkylation sites (tertiary alicyclic amines) is 1. The van der Waals surface area contributed by atoms with Crippen LogP contribution in [-0.4, -0.2) is 51.1 Å². The van der Waals surface area contributed by atoms with Gasteiger partial charge in [-0.15, -0.1) is 0 Å². The molecule has 3 aromatic rings. The van der Waals surface area contributed by atoms with E-state index in [1.807, 2.05) is 36.1 Å². The number of amides is 2. The van der Waals surface area contributed by atoms with E-state index in [4.69, 9.17) is 0 Å². The van der Waals surface area contributed by atoms with Gasteiger partial charge in [-0.2, -0.15) is 5.10 Å². The second-order valence-corrected chi connectivity index (χ2v) is 11.3. The van der Waals surface area contributed by atoms with Crippen LogP contribution < -0.4 is 0 Å². The van der Waals surface area contributed by atoms with Crippen molar-refractivity contribution in [3.63, 3.8) is 0 Å². The number of fused-ring (bicyclic) bond motifs is 2. The molecule has 3 aliphatic rings. The normalized spacial score (nSPS) is 21.1. The van der Waals surface area contributed by atoms with Crippen LogP contribution in [-0.2, 0) is 19.4 Å². The number of halogens is 1. The Morgan fingerprint density at radius 2 is 1.94 bits per heavy atom. The van der Waals surface area contributed by atoms with Gasteiger partial charge in [0.15, 0.2) is 0 Å². The quantitative estimate of drug-likeness (QED) is 0.558.